The SMILES string of the molecule is Cc1c(C)c2c(c(C)c1OS(C)(C)C(C)(C)C)SCC(C)(c1nc(CCc3ccc4c(c3)OC(C)(C)O4)no1)O2. The lowest BCUT2D eigenvalue weighted by Gasteiger charge is -2.45. The van der Waals surface area contributed by atoms with Crippen LogP contribution in [0.25, 0.3) is 0 Å². The summed E-state index contributed by atoms with van der Waals surface area (Å²) in [5.74, 6) is 4.60. The Morgan fingerprint density at radius 1 is 0.950 bits per heavy atom. The molecule has 40 heavy (non-hydrogen) atoms. The minimum atomic E-state index is -1.33. The van der Waals surface area contributed by atoms with Gasteiger partial charge in [-0.1, -0.05) is 21.5 Å². The Morgan fingerprint density at radius 3 is 2.35 bits per heavy atom. The fourth-order valence-electron chi connectivity index (χ4n) is 4.64. The summed E-state index contributed by atoms with van der Waals surface area (Å²) in [6, 6.07) is 6.04. The van der Waals surface area contributed by atoms with Crippen molar-refractivity contribution >= 4 is 22.1 Å². The molecule has 2 aromatic carbocycles. The molecule has 1 aromatic heterocycles. The molecule has 0 saturated heterocycles. The van der Waals surface area contributed by atoms with Crippen LogP contribution in [0.15, 0.2) is 27.6 Å². The predicted octanol–water partition coefficient (Wildman–Crippen LogP) is 7.84. The molecular formula is C31H42N2O5S2. The second kappa shape index (κ2) is 9.79. The number of benzene rings is 2. The van der Waals surface area contributed by atoms with E-state index in [-0.39, 0.29) is 4.75 Å². The second-order valence-corrected chi connectivity index (χ2v) is 17.7. The van der Waals surface area contributed by atoms with Crippen molar-refractivity contribution in [2.45, 2.75) is 96.2 Å². The number of ether oxygens (including phenoxy) is 3. The van der Waals surface area contributed by atoms with E-state index >= 15 is 0 Å². The van der Waals surface area contributed by atoms with Crippen LogP contribution in [-0.4, -0.2) is 38.9 Å². The van der Waals surface area contributed by atoms with E-state index in [9.17, 15) is 0 Å². The van der Waals surface area contributed by atoms with Crippen LogP contribution in [0.4, 0.5) is 0 Å². The largest absolute Gasteiger partial charge is 0.475 e. The Kier molecular flexibility index (Phi) is 7.10. The van der Waals surface area contributed by atoms with Gasteiger partial charge in [0.25, 0.3) is 5.89 Å². The summed E-state index contributed by atoms with van der Waals surface area (Å²) in [6.45, 7) is 19.0. The van der Waals surface area contributed by atoms with Gasteiger partial charge in [-0.05, 0) is 96.2 Å². The molecule has 3 heterocycles. The molecule has 0 amide bonds. The van der Waals surface area contributed by atoms with Gasteiger partial charge in [0, 0.05) is 36.3 Å². The number of thioether (sulfide) groups is 1. The van der Waals surface area contributed by atoms with Gasteiger partial charge >= 0.3 is 0 Å². The molecule has 1 unspecified atom stereocenters. The van der Waals surface area contributed by atoms with E-state index in [1.807, 2.05) is 32.9 Å². The lowest BCUT2D eigenvalue weighted by Crippen LogP contribution is -2.36. The summed E-state index contributed by atoms with van der Waals surface area (Å²) in [5, 5.41) is 4.29. The van der Waals surface area contributed by atoms with E-state index < -0.39 is 21.7 Å². The first kappa shape index (κ1) is 29.0. The zero-order valence-electron chi connectivity index (χ0n) is 25.6. The number of fused-ring (bicyclic) bond motifs is 2. The molecule has 218 valence electrons. The van der Waals surface area contributed by atoms with Crippen molar-refractivity contribution in [3.05, 3.63) is 52.2 Å². The first-order valence-electron chi connectivity index (χ1n) is 13.7. The van der Waals surface area contributed by atoms with Crippen molar-refractivity contribution in [1.29, 1.82) is 0 Å². The first-order valence-corrected chi connectivity index (χ1v) is 17.1. The lowest BCUT2D eigenvalue weighted by molar-refractivity contribution is -0.0431. The van der Waals surface area contributed by atoms with E-state index in [0.717, 1.165) is 56.6 Å². The van der Waals surface area contributed by atoms with Crippen molar-refractivity contribution in [2.75, 3.05) is 18.3 Å². The van der Waals surface area contributed by atoms with Gasteiger partial charge in [-0.2, -0.15) is 4.98 Å². The molecule has 0 radical (unpaired) electrons. The monoisotopic (exact) mass is 586 g/mol. The Morgan fingerprint density at radius 2 is 1.65 bits per heavy atom. The fourth-order valence-corrected chi connectivity index (χ4v) is 6.79. The summed E-state index contributed by atoms with van der Waals surface area (Å²) in [6.07, 6.45) is 5.89. The van der Waals surface area contributed by atoms with Gasteiger partial charge in [0.15, 0.2) is 22.9 Å². The summed E-state index contributed by atoms with van der Waals surface area (Å²) < 4.78 is 31.0. The normalized spacial score (nSPS) is 20.2. The summed E-state index contributed by atoms with van der Waals surface area (Å²) in [5.41, 5.74) is 3.74. The third-order valence-corrected chi connectivity index (χ3v) is 13.0. The summed E-state index contributed by atoms with van der Waals surface area (Å²) in [7, 11) is -1.33. The lowest BCUT2D eigenvalue weighted by atomic mass is 10.0. The standard InChI is InChI=1S/C31H42N2O5S2/c1-18-19(2)26-27(20(3)25(18)38-40(10,11)29(4,5)6)39-17-31(9,36-26)28-32-24(33-37-28)15-13-21-12-14-22-23(16-21)35-30(7,8)34-22/h12,14,16H,13,15,17H2,1-11H3. The van der Waals surface area contributed by atoms with E-state index in [1.165, 1.54) is 0 Å². The average Bonchev–Trinajstić information content (AvgIpc) is 3.46. The molecule has 0 fully saturated rings. The summed E-state index contributed by atoms with van der Waals surface area (Å²) >= 11 is 1.77. The number of aromatic nitrogens is 2. The van der Waals surface area contributed by atoms with Crippen molar-refractivity contribution in [3.8, 4) is 23.0 Å². The highest BCUT2D eigenvalue weighted by Gasteiger charge is 2.42. The molecule has 0 bridgehead atoms. The highest BCUT2D eigenvalue weighted by molar-refractivity contribution is 8.30. The van der Waals surface area contributed by atoms with Crippen LogP contribution in [0.3, 0.4) is 0 Å². The van der Waals surface area contributed by atoms with Crippen LogP contribution < -0.4 is 18.4 Å². The second-order valence-electron chi connectivity index (χ2n) is 12.8. The zero-order chi connectivity index (χ0) is 29.3. The van der Waals surface area contributed by atoms with Crippen LogP contribution in [0.5, 0.6) is 23.0 Å². The maximum absolute atomic E-state index is 6.77. The molecule has 0 aliphatic carbocycles. The molecule has 0 N–H and O–H groups in total. The topological polar surface area (TPSA) is 75.8 Å². The molecule has 3 aromatic rings. The molecule has 9 heteroatoms. The maximum Gasteiger partial charge on any atom is 0.271 e. The minimum absolute atomic E-state index is 0.0627. The number of aryl methyl sites for hydroxylation is 2. The van der Waals surface area contributed by atoms with Gasteiger partial charge in [-0.3, -0.25) is 0 Å². The third-order valence-electron chi connectivity index (χ3n) is 7.99. The van der Waals surface area contributed by atoms with E-state index in [1.54, 1.807) is 11.8 Å². The van der Waals surface area contributed by atoms with E-state index in [0.29, 0.717) is 23.9 Å². The van der Waals surface area contributed by atoms with Crippen LogP contribution in [0.1, 0.15) is 75.5 Å². The third kappa shape index (κ3) is 5.27. The Hall–Kier alpha value is -2.52. The zero-order valence-corrected chi connectivity index (χ0v) is 27.2. The minimum Gasteiger partial charge on any atom is -0.475 e. The predicted molar refractivity (Wildman–Crippen MR) is 163 cm³/mol. The van der Waals surface area contributed by atoms with Crippen LogP contribution >= 0.6 is 22.1 Å². The van der Waals surface area contributed by atoms with E-state index in [4.69, 9.17) is 27.9 Å². The number of nitrogens with zero attached hydrogens (tertiary/aromatic N) is 2. The van der Waals surface area contributed by atoms with Crippen LogP contribution in [-0.2, 0) is 18.4 Å². The molecule has 0 spiro atoms. The number of rotatable bonds is 6. The number of hydrogen-bond acceptors (Lipinski definition) is 8. The molecule has 5 rings (SSSR count). The van der Waals surface area contributed by atoms with E-state index in [2.05, 4.69) is 65.3 Å². The smallest absolute Gasteiger partial charge is 0.271 e. The van der Waals surface area contributed by atoms with Crippen LogP contribution in [0.2, 0.25) is 0 Å². The number of hydrogen-bond donors (Lipinski definition) is 0. The Balaban J connectivity index is 1.33. The van der Waals surface area contributed by atoms with Gasteiger partial charge in [-0.25, -0.2) is 0 Å². The average molecular weight is 587 g/mol. The molecular weight excluding hydrogens is 544 g/mol. The highest BCUT2D eigenvalue weighted by Crippen LogP contribution is 2.57. The quantitative estimate of drug-likeness (QED) is 0.289. The molecule has 1 atom stereocenters. The molecule has 0 saturated carbocycles. The summed E-state index contributed by atoms with van der Waals surface area (Å²) in [4.78, 5) is 5.89. The molecule has 2 aliphatic rings. The molecule has 2 aliphatic heterocycles. The highest BCUT2D eigenvalue weighted by atomic mass is 32.3. The Labute approximate surface area is 244 Å². The first-order chi connectivity index (χ1) is 18.5. The van der Waals surface area contributed by atoms with Crippen LogP contribution in [0, 0.1) is 20.8 Å². The van der Waals surface area contributed by atoms with Gasteiger partial charge in [0.2, 0.25) is 5.79 Å². The van der Waals surface area contributed by atoms with Gasteiger partial charge < -0.3 is 22.9 Å². The maximum atomic E-state index is 6.77. The fraction of sp³-hybridized carbons (Fsp3) is 0.548. The van der Waals surface area contributed by atoms with Crippen molar-refractivity contribution in [2.24, 2.45) is 0 Å². The van der Waals surface area contributed by atoms with Gasteiger partial charge in [-0.15, -0.1) is 11.8 Å². The van der Waals surface area contributed by atoms with Gasteiger partial charge in [0.05, 0.1) is 4.90 Å². The molecule has 7 nitrogen and oxygen atoms in total. The van der Waals surface area contributed by atoms with Crippen molar-refractivity contribution in [1.82, 2.24) is 10.1 Å². The van der Waals surface area contributed by atoms with Gasteiger partial charge in [0.1, 0.15) is 11.5 Å². The Bertz CT molecular complexity index is 1460. The van der Waals surface area contributed by atoms with Crippen molar-refractivity contribution < 1.29 is 22.9 Å². The van der Waals surface area contributed by atoms with Crippen molar-refractivity contribution in [3.63, 3.8) is 0 Å².